The molecule has 1 unspecified atom stereocenters. The lowest BCUT2D eigenvalue weighted by Crippen LogP contribution is -2.70. The third kappa shape index (κ3) is 8.78. The van der Waals surface area contributed by atoms with Crippen molar-refractivity contribution in [2.45, 2.75) is 122 Å². The number of phenols is 1. The second-order valence-electron chi connectivity index (χ2n) is 21.5. The molecule has 5 fully saturated rings. The lowest BCUT2D eigenvalue weighted by atomic mass is 9.60. The highest BCUT2D eigenvalue weighted by molar-refractivity contribution is 5.93. The number of phenolic OH excluding ortho intramolecular Hbond substituents is 1. The van der Waals surface area contributed by atoms with Gasteiger partial charge in [0.15, 0.2) is 5.65 Å². The smallest absolute Gasteiger partial charge is 0.318 e. The summed E-state index contributed by atoms with van der Waals surface area (Å²) in [6.07, 6.45) is 11.5. The molecule has 2 aromatic heterocycles. The van der Waals surface area contributed by atoms with E-state index in [1.165, 1.54) is 35.4 Å². The number of piperidine rings is 1. The number of fused-ring (bicyclic) bond motifs is 3. The van der Waals surface area contributed by atoms with Crippen LogP contribution in [0.4, 0.5) is 4.79 Å². The van der Waals surface area contributed by atoms with E-state index in [-0.39, 0.29) is 54.6 Å². The monoisotopic (exact) mass is 911 g/mol. The minimum atomic E-state index is -0.869. The number of β-amino-alcohol motifs (C(OH)–C–C–N with tert-alkyl or cyclic N) is 1. The number of hydrogen-bond donors (Lipinski definition) is 5. The first-order valence-electron chi connectivity index (χ1n) is 24.4. The summed E-state index contributed by atoms with van der Waals surface area (Å²) in [6, 6.07) is 16.7. The van der Waals surface area contributed by atoms with Crippen LogP contribution in [0.5, 0.6) is 5.75 Å². The van der Waals surface area contributed by atoms with Crippen LogP contribution in [0.15, 0.2) is 54.6 Å². The zero-order chi connectivity index (χ0) is 46.8. The summed E-state index contributed by atoms with van der Waals surface area (Å²) >= 11 is 0. The van der Waals surface area contributed by atoms with Crippen molar-refractivity contribution in [3.05, 3.63) is 77.0 Å². The molecule has 67 heavy (non-hydrogen) atoms. The number of hydrogen-bond acceptors (Lipinski definition) is 10. The largest absolute Gasteiger partial charge is 0.507 e. The Morgan fingerprint density at radius 2 is 1.66 bits per heavy atom. The van der Waals surface area contributed by atoms with E-state index >= 15 is 0 Å². The number of aliphatic hydroxyl groups excluding tert-OH is 1. The van der Waals surface area contributed by atoms with Crippen LogP contribution in [-0.4, -0.2) is 156 Å². The average molecular weight is 911 g/mol. The summed E-state index contributed by atoms with van der Waals surface area (Å²) in [5, 5.41) is 37.2. The number of para-hydroxylation sites is 1. The van der Waals surface area contributed by atoms with E-state index in [1.807, 2.05) is 68.1 Å². The van der Waals surface area contributed by atoms with E-state index in [1.54, 1.807) is 6.07 Å². The van der Waals surface area contributed by atoms with Gasteiger partial charge in [0.1, 0.15) is 17.8 Å². The van der Waals surface area contributed by atoms with E-state index in [2.05, 4.69) is 59.4 Å². The minimum Gasteiger partial charge on any atom is -0.507 e. The van der Waals surface area contributed by atoms with Crippen molar-refractivity contribution < 1.29 is 24.6 Å². The molecule has 5 aliphatic heterocycles. The number of rotatable bonds is 9. The summed E-state index contributed by atoms with van der Waals surface area (Å²) < 4.78 is 0. The van der Waals surface area contributed by atoms with Crippen molar-refractivity contribution in [3.8, 4) is 29.4 Å². The normalized spacial score (nSPS) is 25.4. The predicted molar refractivity (Wildman–Crippen MR) is 256 cm³/mol. The number of benzene rings is 2. The van der Waals surface area contributed by atoms with Crippen LogP contribution in [0.25, 0.3) is 22.3 Å². The van der Waals surface area contributed by atoms with Gasteiger partial charge < -0.3 is 40.5 Å². The van der Waals surface area contributed by atoms with Crippen molar-refractivity contribution in [1.82, 2.24) is 50.3 Å². The number of aliphatic hydroxyl groups is 1. The third-order valence-corrected chi connectivity index (χ3v) is 16.1. The molecule has 4 saturated heterocycles. The molecular formula is C52H66N10O5. The van der Waals surface area contributed by atoms with Crippen molar-refractivity contribution in [2.24, 2.45) is 10.8 Å². The molecule has 4 amide bonds. The van der Waals surface area contributed by atoms with Gasteiger partial charge in [-0.2, -0.15) is 0 Å². The molecule has 5 atom stereocenters. The SMILES string of the molecule is C#Cc1ccc(CNC(=O)[C@@H]2C[C@@H](O)CN2C(=O)[C@@H](NC(=O)N2CC3(CC(N4CCC(N5CCC(N6CCc7[nH]c8nnc(-c9ccccc9O)cc8c7[C@H]6C)C5)CC4)C3)C2)C(C)(C)C)cc1. The van der Waals surface area contributed by atoms with E-state index in [0.717, 1.165) is 74.1 Å². The molecule has 6 aliphatic rings. The molecule has 10 rings (SSSR count). The highest BCUT2D eigenvalue weighted by atomic mass is 16.3. The van der Waals surface area contributed by atoms with Crippen molar-refractivity contribution in [2.75, 3.05) is 52.4 Å². The number of carbonyl (C=O) groups excluding carboxylic acids is 3. The van der Waals surface area contributed by atoms with E-state index < -0.39 is 23.6 Å². The third-order valence-electron chi connectivity index (χ3n) is 16.1. The first-order chi connectivity index (χ1) is 32.2. The fraction of sp³-hybridized carbons (Fsp3) is 0.558. The minimum absolute atomic E-state index is 0.0348. The second kappa shape index (κ2) is 17.8. The lowest BCUT2D eigenvalue weighted by Gasteiger charge is -2.61. The van der Waals surface area contributed by atoms with Gasteiger partial charge in [-0.25, -0.2) is 4.79 Å². The number of aromatic hydroxyl groups is 1. The number of likely N-dealkylation sites (tertiary alicyclic amines) is 4. The number of urea groups is 1. The number of amides is 4. The van der Waals surface area contributed by atoms with Crippen molar-refractivity contribution >= 4 is 28.9 Å². The molecule has 0 radical (unpaired) electrons. The Kier molecular flexibility index (Phi) is 12.1. The topological polar surface area (TPSA) is 173 Å². The number of H-pyrrole nitrogens is 1. The number of carbonyl (C=O) groups is 3. The molecule has 4 aromatic rings. The quantitative estimate of drug-likeness (QED) is 0.149. The molecule has 15 heteroatoms. The van der Waals surface area contributed by atoms with Crippen LogP contribution in [-0.2, 0) is 22.6 Å². The van der Waals surface area contributed by atoms with Gasteiger partial charge in [-0.05, 0) is 99.0 Å². The van der Waals surface area contributed by atoms with Crippen LogP contribution < -0.4 is 10.6 Å². The highest BCUT2D eigenvalue weighted by Crippen LogP contribution is 2.51. The van der Waals surface area contributed by atoms with Crippen molar-refractivity contribution in [1.29, 1.82) is 0 Å². The number of nitrogens with one attached hydrogen (secondary N) is 3. The van der Waals surface area contributed by atoms with Gasteiger partial charge in [-0.3, -0.25) is 19.4 Å². The number of aromatic amines is 1. The summed E-state index contributed by atoms with van der Waals surface area (Å²) in [5.41, 5.74) is 5.89. The summed E-state index contributed by atoms with van der Waals surface area (Å²) in [7, 11) is 0. The van der Waals surface area contributed by atoms with E-state index in [9.17, 15) is 24.6 Å². The van der Waals surface area contributed by atoms with E-state index in [4.69, 9.17) is 6.42 Å². The van der Waals surface area contributed by atoms with Gasteiger partial charge in [-0.15, -0.1) is 16.6 Å². The summed E-state index contributed by atoms with van der Waals surface area (Å²) in [6.45, 7) is 15.2. The Morgan fingerprint density at radius 1 is 0.940 bits per heavy atom. The maximum atomic E-state index is 14.2. The number of aromatic nitrogens is 3. The van der Waals surface area contributed by atoms with Crippen LogP contribution in [0, 0.1) is 23.2 Å². The van der Waals surface area contributed by atoms with Crippen LogP contribution in [0.3, 0.4) is 0 Å². The Labute approximate surface area is 393 Å². The molecule has 7 heterocycles. The van der Waals surface area contributed by atoms with Crippen LogP contribution in [0.2, 0.25) is 0 Å². The summed E-state index contributed by atoms with van der Waals surface area (Å²) in [4.78, 5) is 56.3. The molecule has 15 nitrogen and oxygen atoms in total. The zero-order valence-corrected chi connectivity index (χ0v) is 39.4. The molecular weight excluding hydrogens is 845 g/mol. The molecule has 5 N–H and O–H groups in total. The molecule has 354 valence electrons. The van der Waals surface area contributed by atoms with Gasteiger partial charge >= 0.3 is 6.03 Å². The Bertz CT molecular complexity index is 2540. The fourth-order valence-electron chi connectivity index (χ4n) is 12.4. The Morgan fingerprint density at radius 3 is 2.37 bits per heavy atom. The summed E-state index contributed by atoms with van der Waals surface area (Å²) in [5.74, 6) is 2.10. The zero-order valence-electron chi connectivity index (χ0n) is 39.4. The highest BCUT2D eigenvalue weighted by Gasteiger charge is 2.56. The maximum Gasteiger partial charge on any atom is 0.318 e. The lowest BCUT2D eigenvalue weighted by molar-refractivity contribution is -0.142. The standard InChI is InChI=1S/C52H66N10O5/c1-6-33-11-13-34(14-12-33)27-53-48(65)43-23-38(63)29-62(43)49(66)46(51(3,4)5)55-50(67)60-30-52(31-60)25-37(26-52)58-19-15-35(16-20-58)59-21-17-36(28-59)61-22-18-41-45(32(61)2)40-24-42(56-57-47(40)54-41)39-9-7-8-10-44(39)64/h1,7-14,24,32,35-38,43,46,63-64H,15-23,25-31H2,2-5H3,(H,53,65)(H,54,57)(H,55,67)/t32-,36?,38-,43+,46-/m1/s1. The van der Waals surface area contributed by atoms with Gasteiger partial charge in [0.05, 0.1) is 11.8 Å². The van der Waals surface area contributed by atoms with Gasteiger partial charge in [0.2, 0.25) is 11.8 Å². The van der Waals surface area contributed by atoms with Gasteiger partial charge in [0, 0.05) is 110 Å². The molecule has 1 spiro atoms. The average Bonchev–Trinajstić information content (AvgIpc) is 4.04. The predicted octanol–water partition coefficient (Wildman–Crippen LogP) is 4.64. The molecule has 0 bridgehead atoms. The van der Waals surface area contributed by atoms with Gasteiger partial charge in [-0.1, -0.05) is 51.0 Å². The number of nitrogens with zero attached hydrogens (tertiary/aromatic N) is 7. The van der Waals surface area contributed by atoms with Crippen molar-refractivity contribution in [3.63, 3.8) is 0 Å². The second-order valence-corrected chi connectivity index (χ2v) is 21.5. The molecule has 1 saturated carbocycles. The molecule has 2 aromatic carbocycles. The van der Waals surface area contributed by atoms with E-state index in [0.29, 0.717) is 42.5 Å². The Balaban J connectivity index is 0.680. The van der Waals surface area contributed by atoms with Gasteiger partial charge in [0.25, 0.3) is 0 Å². The van der Waals surface area contributed by atoms with Crippen LogP contribution in [0.1, 0.15) is 94.6 Å². The fourth-order valence-corrected chi connectivity index (χ4v) is 12.4. The maximum absolute atomic E-state index is 14.2. The molecule has 1 aliphatic carbocycles. The number of terminal acetylenes is 1. The Hall–Kier alpha value is -5.53. The first-order valence-corrected chi connectivity index (χ1v) is 24.4. The first kappa shape index (κ1) is 45.3. The van der Waals surface area contributed by atoms with Crippen LogP contribution >= 0.6 is 0 Å².